The first-order valence-electron chi connectivity index (χ1n) is 4.54. The van der Waals surface area contributed by atoms with E-state index in [0.29, 0.717) is 19.7 Å². The molecule has 1 saturated heterocycles. The highest BCUT2D eigenvalue weighted by Gasteiger charge is 2.22. The number of rotatable bonds is 2. The molecule has 1 aromatic carbocycles. The van der Waals surface area contributed by atoms with Gasteiger partial charge in [0.25, 0.3) is 0 Å². The molecule has 0 atom stereocenters. The summed E-state index contributed by atoms with van der Waals surface area (Å²) < 4.78 is 4.84. The lowest BCUT2D eigenvalue weighted by atomic mass is 10.2. The number of hydrogen-bond acceptors (Lipinski definition) is 3. The first kappa shape index (κ1) is 11.8. The van der Waals surface area contributed by atoms with Crippen LogP contribution >= 0.6 is 12.4 Å². The van der Waals surface area contributed by atoms with Crippen molar-refractivity contribution in [2.75, 3.05) is 18.1 Å². The van der Waals surface area contributed by atoms with Crippen LogP contribution in [0.3, 0.4) is 0 Å². The van der Waals surface area contributed by atoms with E-state index in [2.05, 4.69) is 0 Å². The van der Waals surface area contributed by atoms with Crippen LogP contribution in [-0.4, -0.2) is 19.2 Å². The fraction of sp³-hybridized carbons (Fsp3) is 0.300. The van der Waals surface area contributed by atoms with Crippen molar-refractivity contribution >= 4 is 24.2 Å². The molecule has 0 spiro atoms. The number of halogens is 1. The average Bonchev–Trinajstić information content (AvgIpc) is 2.65. The van der Waals surface area contributed by atoms with Gasteiger partial charge in [0, 0.05) is 12.2 Å². The van der Waals surface area contributed by atoms with Crippen LogP contribution in [0.15, 0.2) is 24.3 Å². The van der Waals surface area contributed by atoms with E-state index in [0.717, 1.165) is 11.3 Å². The number of amides is 1. The molecule has 5 heteroatoms. The second kappa shape index (κ2) is 5.00. The van der Waals surface area contributed by atoms with E-state index in [1.54, 1.807) is 4.90 Å². The lowest BCUT2D eigenvalue weighted by Crippen LogP contribution is -2.23. The standard InChI is InChI=1S/C10H12N2O2.ClH/c11-7-8-1-3-9(4-2-8)12-5-6-14-10(12)13;/h1-4H,5-7,11H2;1H. The maximum Gasteiger partial charge on any atom is 0.414 e. The van der Waals surface area contributed by atoms with Gasteiger partial charge in [0.05, 0.1) is 6.54 Å². The fourth-order valence-corrected chi connectivity index (χ4v) is 1.44. The van der Waals surface area contributed by atoms with E-state index >= 15 is 0 Å². The number of benzene rings is 1. The summed E-state index contributed by atoms with van der Waals surface area (Å²) in [6, 6.07) is 7.60. The van der Waals surface area contributed by atoms with E-state index in [1.165, 1.54) is 0 Å². The molecule has 0 unspecified atom stereocenters. The van der Waals surface area contributed by atoms with E-state index in [9.17, 15) is 4.79 Å². The average molecular weight is 229 g/mol. The molecule has 1 heterocycles. The van der Waals surface area contributed by atoms with Crippen molar-refractivity contribution in [2.24, 2.45) is 5.73 Å². The molecule has 0 bridgehead atoms. The van der Waals surface area contributed by atoms with Crippen LogP contribution in [0.4, 0.5) is 10.5 Å². The Morgan fingerprint density at radius 1 is 1.33 bits per heavy atom. The van der Waals surface area contributed by atoms with Crippen molar-refractivity contribution in [1.29, 1.82) is 0 Å². The number of cyclic esters (lactones) is 1. The van der Waals surface area contributed by atoms with E-state index in [4.69, 9.17) is 10.5 Å². The van der Waals surface area contributed by atoms with Crippen molar-refractivity contribution in [3.8, 4) is 0 Å². The molecular weight excluding hydrogens is 216 g/mol. The van der Waals surface area contributed by atoms with E-state index < -0.39 is 0 Å². The summed E-state index contributed by atoms with van der Waals surface area (Å²) in [6.07, 6.45) is -0.273. The topological polar surface area (TPSA) is 55.6 Å². The molecule has 82 valence electrons. The fourth-order valence-electron chi connectivity index (χ4n) is 1.44. The minimum absolute atomic E-state index is 0. The summed E-state index contributed by atoms with van der Waals surface area (Å²) in [5.74, 6) is 0. The predicted octanol–water partition coefficient (Wildman–Crippen LogP) is 1.52. The van der Waals surface area contributed by atoms with Crippen LogP contribution in [0.2, 0.25) is 0 Å². The lowest BCUT2D eigenvalue weighted by Gasteiger charge is -2.12. The Balaban J connectivity index is 0.00000112. The first-order chi connectivity index (χ1) is 6.81. The van der Waals surface area contributed by atoms with Crippen molar-refractivity contribution in [2.45, 2.75) is 6.54 Å². The molecule has 1 aliphatic rings. The molecule has 0 aromatic heterocycles. The SMILES string of the molecule is Cl.NCc1ccc(N2CCOC2=O)cc1. The molecule has 4 nitrogen and oxygen atoms in total. The highest BCUT2D eigenvalue weighted by Crippen LogP contribution is 2.18. The monoisotopic (exact) mass is 228 g/mol. The van der Waals surface area contributed by atoms with Gasteiger partial charge in [-0.15, -0.1) is 12.4 Å². The Kier molecular flexibility index (Phi) is 3.94. The maximum absolute atomic E-state index is 11.2. The molecule has 2 N–H and O–H groups in total. The Hall–Kier alpha value is -1.26. The minimum atomic E-state index is -0.273. The zero-order valence-corrected chi connectivity index (χ0v) is 9.00. The third-order valence-corrected chi connectivity index (χ3v) is 2.24. The van der Waals surface area contributed by atoms with Gasteiger partial charge in [-0.3, -0.25) is 4.90 Å². The molecule has 2 rings (SSSR count). The van der Waals surface area contributed by atoms with Gasteiger partial charge in [0.2, 0.25) is 0 Å². The quantitative estimate of drug-likeness (QED) is 0.835. The number of nitrogens with zero attached hydrogens (tertiary/aromatic N) is 1. The Morgan fingerprint density at radius 3 is 2.47 bits per heavy atom. The van der Waals surface area contributed by atoms with Gasteiger partial charge in [-0.25, -0.2) is 4.79 Å². The zero-order chi connectivity index (χ0) is 9.97. The molecular formula is C10H13ClN2O2. The van der Waals surface area contributed by atoms with Gasteiger partial charge >= 0.3 is 6.09 Å². The number of carbonyl (C=O) groups excluding carboxylic acids is 1. The Morgan fingerprint density at radius 2 is 2.00 bits per heavy atom. The van der Waals surface area contributed by atoms with Crippen LogP contribution in [0.5, 0.6) is 0 Å². The third kappa shape index (κ3) is 2.40. The van der Waals surface area contributed by atoms with Crippen molar-refractivity contribution < 1.29 is 9.53 Å². The highest BCUT2D eigenvalue weighted by molar-refractivity contribution is 5.89. The molecule has 1 aliphatic heterocycles. The highest BCUT2D eigenvalue weighted by atomic mass is 35.5. The van der Waals surface area contributed by atoms with Crippen molar-refractivity contribution in [3.63, 3.8) is 0 Å². The summed E-state index contributed by atoms with van der Waals surface area (Å²) in [4.78, 5) is 12.8. The third-order valence-electron chi connectivity index (χ3n) is 2.24. The Labute approximate surface area is 94.4 Å². The van der Waals surface area contributed by atoms with E-state index in [1.807, 2.05) is 24.3 Å². The second-order valence-corrected chi connectivity index (χ2v) is 3.14. The largest absolute Gasteiger partial charge is 0.447 e. The molecule has 0 aliphatic carbocycles. The molecule has 15 heavy (non-hydrogen) atoms. The predicted molar refractivity (Wildman–Crippen MR) is 60.3 cm³/mol. The zero-order valence-electron chi connectivity index (χ0n) is 8.18. The molecule has 0 radical (unpaired) electrons. The van der Waals surface area contributed by atoms with Crippen molar-refractivity contribution in [1.82, 2.24) is 0 Å². The number of anilines is 1. The lowest BCUT2D eigenvalue weighted by molar-refractivity contribution is 0.181. The number of nitrogens with two attached hydrogens (primary N) is 1. The Bertz CT molecular complexity index is 340. The van der Waals surface area contributed by atoms with Gasteiger partial charge in [-0.05, 0) is 17.7 Å². The number of carbonyl (C=O) groups is 1. The van der Waals surface area contributed by atoms with Gasteiger partial charge in [0.1, 0.15) is 6.61 Å². The summed E-state index contributed by atoms with van der Waals surface area (Å²) in [5, 5.41) is 0. The number of ether oxygens (including phenoxy) is 1. The first-order valence-corrected chi connectivity index (χ1v) is 4.54. The maximum atomic E-state index is 11.2. The van der Waals surface area contributed by atoms with Crippen LogP contribution < -0.4 is 10.6 Å². The minimum Gasteiger partial charge on any atom is -0.447 e. The summed E-state index contributed by atoms with van der Waals surface area (Å²) >= 11 is 0. The summed E-state index contributed by atoms with van der Waals surface area (Å²) in [6.45, 7) is 1.61. The van der Waals surface area contributed by atoms with Crippen LogP contribution in [0.1, 0.15) is 5.56 Å². The molecule has 1 aromatic rings. The van der Waals surface area contributed by atoms with Crippen LogP contribution in [0.25, 0.3) is 0 Å². The summed E-state index contributed by atoms with van der Waals surface area (Å²) in [7, 11) is 0. The van der Waals surface area contributed by atoms with Gasteiger partial charge in [-0.1, -0.05) is 12.1 Å². The van der Waals surface area contributed by atoms with Crippen LogP contribution in [0, 0.1) is 0 Å². The number of hydrogen-bond donors (Lipinski definition) is 1. The smallest absolute Gasteiger partial charge is 0.414 e. The second-order valence-electron chi connectivity index (χ2n) is 3.14. The van der Waals surface area contributed by atoms with Gasteiger partial charge < -0.3 is 10.5 Å². The van der Waals surface area contributed by atoms with Crippen molar-refractivity contribution in [3.05, 3.63) is 29.8 Å². The summed E-state index contributed by atoms with van der Waals surface area (Å²) in [5.41, 5.74) is 7.40. The molecule has 1 fully saturated rings. The van der Waals surface area contributed by atoms with Gasteiger partial charge in [-0.2, -0.15) is 0 Å². The normalized spacial score (nSPS) is 14.7. The molecule has 1 amide bonds. The van der Waals surface area contributed by atoms with Gasteiger partial charge in [0.15, 0.2) is 0 Å². The molecule has 0 saturated carbocycles. The van der Waals surface area contributed by atoms with Crippen LogP contribution in [-0.2, 0) is 11.3 Å². The van der Waals surface area contributed by atoms with E-state index in [-0.39, 0.29) is 18.5 Å².